The maximum atomic E-state index is 11.3. The molecule has 0 radical (unpaired) electrons. The number of aryl methyl sites for hydroxylation is 1. The van der Waals surface area contributed by atoms with Crippen molar-refractivity contribution in [3.05, 3.63) is 42.0 Å². The lowest BCUT2D eigenvalue weighted by Gasteiger charge is -2.01. The lowest BCUT2D eigenvalue weighted by molar-refractivity contribution is -0.113. The summed E-state index contributed by atoms with van der Waals surface area (Å²) in [7, 11) is 0. The highest BCUT2D eigenvalue weighted by Crippen LogP contribution is 2.18. The molecule has 1 aromatic carbocycles. The van der Waals surface area contributed by atoms with Gasteiger partial charge in [-0.25, -0.2) is 0 Å². The van der Waals surface area contributed by atoms with Crippen molar-refractivity contribution in [2.75, 3.05) is 5.75 Å². The van der Waals surface area contributed by atoms with Gasteiger partial charge in [0.1, 0.15) is 0 Å². The Morgan fingerprint density at radius 2 is 1.93 bits per heavy atom. The Morgan fingerprint density at radius 1 is 1.36 bits per heavy atom. The van der Waals surface area contributed by atoms with E-state index in [9.17, 15) is 4.79 Å². The number of Topliss-reactive ketones (excluding diaryl/α,β-unsaturated/α-hetero) is 1. The van der Waals surface area contributed by atoms with E-state index in [0.29, 0.717) is 11.3 Å². The molecular formula is C12H14OS. The van der Waals surface area contributed by atoms with Gasteiger partial charge >= 0.3 is 0 Å². The van der Waals surface area contributed by atoms with Crippen LogP contribution in [0.15, 0.2) is 41.3 Å². The van der Waals surface area contributed by atoms with Crippen molar-refractivity contribution in [3.8, 4) is 0 Å². The molecule has 0 bridgehead atoms. The van der Waals surface area contributed by atoms with Gasteiger partial charge in [-0.2, -0.15) is 0 Å². The first-order valence-electron chi connectivity index (χ1n) is 4.48. The Bertz CT molecular complexity index is 338. The second kappa shape index (κ2) is 5.01. The lowest BCUT2D eigenvalue weighted by atomic mass is 10.2. The second-order valence-corrected chi connectivity index (χ2v) is 4.35. The average Bonchev–Trinajstić information content (AvgIpc) is 2.16. The summed E-state index contributed by atoms with van der Waals surface area (Å²) in [5.41, 5.74) is 1.87. The fourth-order valence-electron chi connectivity index (χ4n) is 0.907. The molecule has 14 heavy (non-hydrogen) atoms. The van der Waals surface area contributed by atoms with Crippen molar-refractivity contribution in [2.45, 2.75) is 18.7 Å². The van der Waals surface area contributed by atoms with E-state index in [1.165, 1.54) is 5.56 Å². The van der Waals surface area contributed by atoms with Gasteiger partial charge in [0.25, 0.3) is 0 Å². The Labute approximate surface area is 89.2 Å². The maximum Gasteiger partial charge on any atom is 0.168 e. The molecule has 0 unspecified atom stereocenters. The van der Waals surface area contributed by atoms with Gasteiger partial charge < -0.3 is 0 Å². The average molecular weight is 206 g/mol. The van der Waals surface area contributed by atoms with Crippen molar-refractivity contribution in [1.82, 2.24) is 0 Å². The molecule has 0 aliphatic rings. The summed E-state index contributed by atoms with van der Waals surface area (Å²) in [6.45, 7) is 7.42. The van der Waals surface area contributed by atoms with E-state index in [4.69, 9.17) is 0 Å². The van der Waals surface area contributed by atoms with Crippen LogP contribution in [0.3, 0.4) is 0 Å². The van der Waals surface area contributed by atoms with E-state index in [1.807, 2.05) is 31.2 Å². The second-order valence-electron chi connectivity index (χ2n) is 3.31. The number of carbonyl (C=O) groups is 1. The van der Waals surface area contributed by atoms with Crippen molar-refractivity contribution in [1.29, 1.82) is 0 Å². The van der Waals surface area contributed by atoms with E-state index >= 15 is 0 Å². The molecule has 0 spiro atoms. The maximum absolute atomic E-state index is 11.3. The van der Waals surface area contributed by atoms with Crippen LogP contribution in [0.5, 0.6) is 0 Å². The zero-order valence-corrected chi connectivity index (χ0v) is 9.36. The van der Waals surface area contributed by atoms with Gasteiger partial charge in [-0.3, -0.25) is 4.79 Å². The minimum atomic E-state index is 0.121. The van der Waals surface area contributed by atoms with Gasteiger partial charge in [-0.15, -0.1) is 11.8 Å². The smallest absolute Gasteiger partial charge is 0.168 e. The highest BCUT2D eigenvalue weighted by molar-refractivity contribution is 8.00. The first kappa shape index (κ1) is 11.1. The molecule has 0 saturated carbocycles. The third-order valence-corrected chi connectivity index (χ3v) is 2.88. The van der Waals surface area contributed by atoms with E-state index in [1.54, 1.807) is 18.7 Å². The van der Waals surface area contributed by atoms with Crippen LogP contribution in [-0.2, 0) is 4.79 Å². The molecule has 74 valence electrons. The Balaban J connectivity index is 2.50. The van der Waals surface area contributed by atoms with Crippen LogP contribution >= 0.6 is 11.8 Å². The Morgan fingerprint density at radius 3 is 2.43 bits per heavy atom. The van der Waals surface area contributed by atoms with Crippen LogP contribution in [0.4, 0.5) is 0 Å². The van der Waals surface area contributed by atoms with Crippen LogP contribution in [-0.4, -0.2) is 11.5 Å². The quantitative estimate of drug-likeness (QED) is 0.555. The van der Waals surface area contributed by atoms with E-state index in [-0.39, 0.29) is 5.78 Å². The molecule has 0 amide bonds. The van der Waals surface area contributed by atoms with Crippen molar-refractivity contribution in [2.24, 2.45) is 0 Å². The van der Waals surface area contributed by atoms with Gasteiger partial charge in [-0.1, -0.05) is 24.3 Å². The molecule has 1 nitrogen and oxygen atoms in total. The van der Waals surface area contributed by atoms with Crippen LogP contribution in [0.2, 0.25) is 0 Å². The van der Waals surface area contributed by atoms with E-state index in [2.05, 4.69) is 6.58 Å². The van der Waals surface area contributed by atoms with Crippen LogP contribution in [0.25, 0.3) is 0 Å². The summed E-state index contributed by atoms with van der Waals surface area (Å²) >= 11 is 1.56. The molecule has 0 atom stereocenters. The van der Waals surface area contributed by atoms with Gasteiger partial charge in [-0.05, 0) is 31.6 Å². The standard InChI is InChI=1S/C12H14OS/c1-9(2)12(13)8-14-11-6-4-10(3)5-7-11/h4-7H,1,8H2,2-3H3. The fraction of sp³-hybridized carbons (Fsp3) is 0.250. The minimum Gasteiger partial charge on any atom is -0.294 e. The van der Waals surface area contributed by atoms with Gasteiger partial charge in [0.15, 0.2) is 5.78 Å². The molecule has 0 aliphatic heterocycles. The largest absolute Gasteiger partial charge is 0.294 e. The molecule has 0 aromatic heterocycles. The summed E-state index contributed by atoms with van der Waals surface area (Å²) in [6, 6.07) is 8.17. The van der Waals surface area contributed by atoms with Gasteiger partial charge in [0, 0.05) is 4.90 Å². The normalized spacial score (nSPS) is 9.86. The molecule has 0 saturated heterocycles. The first-order valence-corrected chi connectivity index (χ1v) is 5.46. The lowest BCUT2D eigenvalue weighted by Crippen LogP contribution is -2.01. The molecule has 2 heteroatoms. The molecule has 0 fully saturated rings. The van der Waals surface area contributed by atoms with Crippen LogP contribution < -0.4 is 0 Å². The number of rotatable bonds is 4. The summed E-state index contributed by atoms with van der Waals surface area (Å²) in [5.74, 6) is 0.605. The molecule has 0 aliphatic carbocycles. The molecular weight excluding hydrogens is 192 g/mol. The highest BCUT2D eigenvalue weighted by atomic mass is 32.2. The van der Waals surface area contributed by atoms with E-state index in [0.717, 1.165) is 4.90 Å². The number of carbonyl (C=O) groups excluding carboxylic acids is 1. The van der Waals surface area contributed by atoms with Gasteiger partial charge in [0.05, 0.1) is 5.75 Å². The van der Waals surface area contributed by atoms with Gasteiger partial charge in [0.2, 0.25) is 0 Å². The number of hydrogen-bond donors (Lipinski definition) is 0. The summed E-state index contributed by atoms with van der Waals surface area (Å²) in [6.07, 6.45) is 0. The number of hydrogen-bond acceptors (Lipinski definition) is 2. The molecule has 1 rings (SSSR count). The molecule has 1 aromatic rings. The number of thioether (sulfide) groups is 1. The zero-order valence-electron chi connectivity index (χ0n) is 8.54. The van der Waals surface area contributed by atoms with Crippen LogP contribution in [0, 0.1) is 6.92 Å². The third-order valence-electron chi connectivity index (χ3n) is 1.87. The van der Waals surface area contributed by atoms with Crippen molar-refractivity contribution in [3.63, 3.8) is 0 Å². The minimum absolute atomic E-state index is 0.121. The highest BCUT2D eigenvalue weighted by Gasteiger charge is 2.02. The zero-order chi connectivity index (χ0) is 10.6. The predicted octanol–water partition coefficient (Wildman–Crippen LogP) is 3.23. The predicted molar refractivity (Wildman–Crippen MR) is 61.7 cm³/mol. The molecule has 0 N–H and O–H groups in total. The number of allylic oxidation sites excluding steroid dienone is 1. The summed E-state index contributed by atoms with van der Waals surface area (Å²) in [4.78, 5) is 12.4. The van der Waals surface area contributed by atoms with Crippen molar-refractivity contribution < 1.29 is 4.79 Å². The number of ketones is 1. The monoisotopic (exact) mass is 206 g/mol. The summed E-state index contributed by atoms with van der Waals surface area (Å²) < 4.78 is 0. The van der Waals surface area contributed by atoms with Crippen LogP contribution in [0.1, 0.15) is 12.5 Å². The first-order chi connectivity index (χ1) is 6.59. The SMILES string of the molecule is C=C(C)C(=O)CSc1ccc(C)cc1. The Kier molecular flexibility index (Phi) is 3.96. The topological polar surface area (TPSA) is 17.1 Å². The Hall–Kier alpha value is -1.02. The summed E-state index contributed by atoms with van der Waals surface area (Å²) in [5, 5.41) is 0. The van der Waals surface area contributed by atoms with E-state index < -0.39 is 0 Å². The molecule has 0 heterocycles. The number of benzene rings is 1. The third kappa shape index (κ3) is 3.38. The van der Waals surface area contributed by atoms with Crippen molar-refractivity contribution >= 4 is 17.5 Å². The fourth-order valence-corrected chi connectivity index (χ4v) is 1.78.